The van der Waals surface area contributed by atoms with E-state index in [1.807, 2.05) is 0 Å². The van der Waals surface area contributed by atoms with Gasteiger partial charge in [-0.25, -0.2) is 0 Å². The van der Waals surface area contributed by atoms with Gasteiger partial charge in [0.15, 0.2) is 0 Å². The lowest BCUT2D eigenvalue weighted by atomic mass is 9.81. The van der Waals surface area contributed by atoms with Crippen molar-refractivity contribution in [2.24, 2.45) is 5.73 Å². The summed E-state index contributed by atoms with van der Waals surface area (Å²) in [6.07, 6.45) is 13.5. The molecule has 18 heavy (non-hydrogen) atoms. The Morgan fingerprint density at radius 2 is 1.61 bits per heavy atom. The third-order valence-electron chi connectivity index (χ3n) is 4.78. The molecule has 2 heteroatoms. The summed E-state index contributed by atoms with van der Waals surface area (Å²) in [6, 6.07) is 0. The highest BCUT2D eigenvalue weighted by molar-refractivity contribution is 4.90. The van der Waals surface area contributed by atoms with Gasteiger partial charge in [-0.1, -0.05) is 39.5 Å². The van der Waals surface area contributed by atoms with E-state index < -0.39 is 0 Å². The first kappa shape index (κ1) is 16.0. The van der Waals surface area contributed by atoms with Crippen molar-refractivity contribution in [1.82, 2.24) is 4.90 Å². The summed E-state index contributed by atoms with van der Waals surface area (Å²) < 4.78 is 0. The van der Waals surface area contributed by atoms with Crippen LogP contribution in [-0.2, 0) is 0 Å². The Bertz CT molecular complexity index is 199. The van der Waals surface area contributed by atoms with E-state index in [-0.39, 0.29) is 0 Å². The molecule has 1 atom stereocenters. The summed E-state index contributed by atoms with van der Waals surface area (Å²) in [6.45, 7) is 8.23. The Morgan fingerprint density at radius 3 is 2.17 bits per heavy atom. The van der Waals surface area contributed by atoms with Gasteiger partial charge in [-0.3, -0.25) is 4.90 Å². The molecule has 0 radical (unpaired) electrons. The van der Waals surface area contributed by atoms with Crippen LogP contribution in [0.15, 0.2) is 0 Å². The average molecular weight is 254 g/mol. The average Bonchev–Trinajstić information content (AvgIpc) is 2.44. The molecule has 0 aromatic carbocycles. The molecule has 1 fully saturated rings. The smallest absolute Gasteiger partial charge is 0.0207 e. The lowest BCUT2D eigenvalue weighted by molar-refractivity contribution is 0.0427. The van der Waals surface area contributed by atoms with E-state index in [1.165, 1.54) is 77.3 Å². The number of unbranched alkanes of at least 4 members (excludes halogenated alkanes) is 2. The molecule has 0 bridgehead atoms. The summed E-state index contributed by atoms with van der Waals surface area (Å²) in [4.78, 5) is 2.82. The molecule has 0 aromatic heterocycles. The minimum Gasteiger partial charge on any atom is -0.330 e. The highest BCUT2D eigenvalue weighted by Crippen LogP contribution is 2.34. The molecule has 108 valence electrons. The summed E-state index contributed by atoms with van der Waals surface area (Å²) in [7, 11) is 0. The Hall–Kier alpha value is -0.0800. The molecular formula is C16H34N2. The van der Waals surface area contributed by atoms with E-state index in [0.717, 1.165) is 6.54 Å². The molecule has 0 amide bonds. The number of hydrogen-bond donors (Lipinski definition) is 1. The van der Waals surface area contributed by atoms with Crippen molar-refractivity contribution in [3.63, 3.8) is 0 Å². The van der Waals surface area contributed by atoms with E-state index in [9.17, 15) is 0 Å². The van der Waals surface area contributed by atoms with Crippen molar-refractivity contribution in [3.05, 3.63) is 0 Å². The van der Waals surface area contributed by atoms with Crippen molar-refractivity contribution >= 4 is 0 Å². The second-order valence-electron chi connectivity index (χ2n) is 5.97. The Labute approximate surface area is 114 Å². The number of nitrogens with two attached hydrogens (primary N) is 1. The summed E-state index contributed by atoms with van der Waals surface area (Å²) in [5.74, 6) is 0. The van der Waals surface area contributed by atoms with Crippen LogP contribution in [0.2, 0.25) is 0 Å². The molecule has 1 unspecified atom stereocenters. The van der Waals surface area contributed by atoms with Crippen molar-refractivity contribution in [3.8, 4) is 0 Å². The maximum absolute atomic E-state index is 5.66. The predicted octanol–water partition coefficient (Wildman–Crippen LogP) is 3.94. The van der Waals surface area contributed by atoms with Crippen LogP contribution in [-0.4, -0.2) is 30.1 Å². The van der Waals surface area contributed by atoms with E-state index >= 15 is 0 Å². The second kappa shape index (κ2) is 8.92. The largest absolute Gasteiger partial charge is 0.330 e. The molecule has 1 aliphatic rings. The molecule has 2 nitrogen and oxygen atoms in total. The molecule has 0 saturated carbocycles. The highest BCUT2D eigenvalue weighted by Gasteiger charge is 2.34. The topological polar surface area (TPSA) is 29.3 Å². The number of hydrogen-bond acceptors (Lipinski definition) is 2. The molecule has 1 heterocycles. The zero-order valence-electron chi connectivity index (χ0n) is 12.7. The fourth-order valence-electron chi connectivity index (χ4n) is 3.49. The van der Waals surface area contributed by atoms with Gasteiger partial charge in [0, 0.05) is 5.54 Å². The van der Waals surface area contributed by atoms with E-state index in [4.69, 9.17) is 5.73 Å². The van der Waals surface area contributed by atoms with Crippen LogP contribution in [0, 0.1) is 0 Å². The molecule has 1 rings (SSSR count). The standard InChI is InChI=1S/C16H34N2/c1-3-5-11-16(4-2,12-7-8-13-17)18-14-9-6-10-15-18/h3-15,17H2,1-2H3. The minimum absolute atomic E-state index is 0.492. The van der Waals surface area contributed by atoms with Gasteiger partial charge < -0.3 is 5.73 Å². The van der Waals surface area contributed by atoms with Crippen LogP contribution in [0.1, 0.15) is 78.1 Å². The summed E-state index contributed by atoms with van der Waals surface area (Å²) >= 11 is 0. The normalized spacial score (nSPS) is 20.8. The molecule has 0 spiro atoms. The number of likely N-dealkylation sites (tertiary alicyclic amines) is 1. The van der Waals surface area contributed by atoms with Crippen molar-refractivity contribution in [2.45, 2.75) is 83.6 Å². The summed E-state index contributed by atoms with van der Waals surface area (Å²) in [5, 5.41) is 0. The van der Waals surface area contributed by atoms with Crippen LogP contribution < -0.4 is 5.73 Å². The van der Waals surface area contributed by atoms with Gasteiger partial charge in [-0.05, 0) is 58.2 Å². The van der Waals surface area contributed by atoms with Crippen LogP contribution in [0.25, 0.3) is 0 Å². The second-order valence-corrected chi connectivity index (χ2v) is 5.97. The fourth-order valence-corrected chi connectivity index (χ4v) is 3.49. The van der Waals surface area contributed by atoms with Gasteiger partial charge in [0.05, 0.1) is 0 Å². The molecule has 0 aliphatic carbocycles. The van der Waals surface area contributed by atoms with Gasteiger partial charge in [0.1, 0.15) is 0 Å². The zero-order valence-corrected chi connectivity index (χ0v) is 12.7. The van der Waals surface area contributed by atoms with Gasteiger partial charge in [0.2, 0.25) is 0 Å². The highest BCUT2D eigenvalue weighted by atomic mass is 15.2. The van der Waals surface area contributed by atoms with Crippen molar-refractivity contribution in [1.29, 1.82) is 0 Å². The lowest BCUT2D eigenvalue weighted by Crippen LogP contribution is -2.50. The maximum Gasteiger partial charge on any atom is 0.0207 e. The molecule has 1 saturated heterocycles. The monoisotopic (exact) mass is 254 g/mol. The Balaban J connectivity index is 2.61. The first-order valence-corrected chi connectivity index (χ1v) is 8.24. The fraction of sp³-hybridized carbons (Fsp3) is 1.00. The van der Waals surface area contributed by atoms with Crippen molar-refractivity contribution in [2.75, 3.05) is 19.6 Å². The summed E-state index contributed by atoms with van der Waals surface area (Å²) in [5.41, 5.74) is 6.16. The third-order valence-corrected chi connectivity index (χ3v) is 4.78. The zero-order chi connectivity index (χ0) is 13.3. The molecule has 2 N–H and O–H groups in total. The maximum atomic E-state index is 5.66. The van der Waals surface area contributed by atoms with Crippen molar-refractivity contribution < 1.29 is 0 Å². The third kappa shape index (κ3) is 4.55. The number of rotatable bonds is 9. The van der Waals surface area contributed by atoms with Crippen LogP contribution in [0.5, 0.6) is 0 Å². The van der Waals surface area contributed by atoms with Gasteiger partial charge in [0.25, 0.3) is 0 Å². The van der Waals surface area contributed by atoms with E-state index in [0.29, 0.717) is 5.54 Å². The molecule has 0 aromatic rings. The number of nitrogens with zero attached hydrogens (tertiary/aromatic N) is 1. The van der Waals surface area contributed by atoms with Crippen LogP contribution in [0.3, 0.4) is 0 Å². The van der Waals surface area contributed by atoms with E-state index in [1.54, 1.807) is 0 Å². The van der Waals surface area contributed by atoms with Gasteiger partial charge >= 0.3 is 0 Å². The number of piperidine rings is 1. The van der Waals surface area contributed by atoms with Crippen LogP contribution >= 0.6 is 0 Å². The Morgan fingerprint density at radius 1 is 0.944 bits per heavy atom. The molecule has 1 aliphatic heterocycles. The first-order valence-electron chi connectivity index (χ1n) is 8.24. The SMILES string of the molecule is CCCCC(CC)(CCCCN)N1CCCCC1. The quantitative estimate of drug-likeness (QED) is 0.631. The lowest BCUT2D eigenvalue weighted by Gasteiger charge is -2.46. The molecular weight excluding hydrogens is 220 g/mol. The van der Waals surface area contributed by atoms with Gasteiger partial charge in [-0.2, -0.15) is 0 Å². The predicted molar refractivity (Wildman–Crippen MR) is 80.9 cm³/mol. The first-order chi connectivity index (χ1) is 8.79. The van der Waals surface area contributed by atoms with Gasteiger partial charge in [-0.15, -0.1) is 0 Å². The minimum atomic E-state index is 0.492. The Kier molecular flexibility index (Phi) is 7.92. The van der Waals surface area contributed by atoms with E-state index in [2.05, 4.69) is 18.7 Å². The van der Waals surface area contributed by atoms with Crippen LogP contribution in [0.4, 0.5) is 0 Å².